The normalized spacial score (nSPS) is 11.1. The molecule has 0 aliphatic heterocycles. The molecule has 6 heteroatoms. The minimum atomic E-state index is -0.172. The number of aryl methyl sites for hydroxylation is 1. The van der Waals surface area contributed by atoms with E-state index in [0.717, 1.165) is 15.9 Å². The maximum Gasteiger partial charge on any atom is 0.170 e. The van der Waals surface area contributed by atoms with E-state index in [0.29, 0.717) is 0 Å². The summed E-state index contributed by atoms with van der Waals surface area (Å²) in [4.78, 5) is 4.21. The van der Waals surface area contributed by atoms with Crippen LogP contribution in [0.4, 0.5) is 0 Å². The Hall–Kier alpha value is -0.170. The number of thioether (sulfide) groups is 1. The van der Waals surface area contributed by atoms with Crippen LogP contribution in [0.15, 0.2) is 4.34 Å². The third kappa shape index (κ3) is 3.60. The number of nitrogens with zero attached hydrogens (tertiary/aromatic N) is 2. The third-order valence-corrected chi connectivity index (χ3v) is 3.33. The Kier molecular flexibility index (Phi) is 4.65. The Bertz CT molecular complexity index is 250. The first-order valence-corrected chi connectivity index (χ1v) is 5.51. The van der Waals surface area contributed by atoms with E-state index >= 15 is 0 Å². The van der Waals surface area contributed by atoms with Gasteiger partial charge in [0.05, 0.1) is 5.75 Å². The summed E-state index contributed by atoms with van der Waals surface area (Å²) >= 11 is 3.00. The molecular formula is C7H12N2O2S2. The SMILES string of the molecule is COC(CSc1nc(C)ns1)OC. The van der Waals surface area contributed by atoms with Gasteiger partial charge in [-0.15, -0.1) is 0 Å². The van der Waals surface area contributed by atoms with E-state index in [1.807, 2.05) is 6.92 Å². The second-order valence-electron chi connectivity index (χ2n) is 2.32. The highest BCUT2D eigenvalue weighted by Crippen LogP contribution is 2.21. The van der Waals surface area contributed by atoms with E-state index in [-0.39, 0.29) is 6.29 Å². The van der Waals surface area contributed by atoms with E-state index in [2.05, 4.69) is 9.36 Å². The van der Waals surface area contributed by atoms with Crippen LogP contribution in [0.25, 0.3) is 0 Å². The van der Waals surface area contributed by atoms with E-state index in [4.69, 9.17) is 9.47 Å². The van der Waals surface area contributed by atoms with Gasteiger partial charge in [-0.05, 0) is 18.5 Å². The van der Waals surface area contributed by atoms with Crippen LogP contribution in [-0.4, -0.2) is 35.6 Å². The summed E-state index contributed by atoms with van der Waals surface area (Å²) in [6, 6.07) is 0. The van der Waals surface area contributed by atoms with Gasteiger partial charge in [0.1, 0.15) is 5.82 Å². The number of rotatable bonds is 5. The molecule has 1 aromatic rings. The van der Waals surface area contributed by atoms with Crippen molar-refractivity contribution < 1.29 is 9.47 Å². The van der Waals surface area contributed by atoms with E-state index in [1.54, 1.807) is 26.0 Å². The molecule has 74 valence electrons. The molecule has 1 heterocycles. The lowest BCUT2D eigenvalue weighted by Crippen LogP contribution is -2.15. The van der Waals surface area contributed by atoms with Gasteiger partial charge in [-0.2, -0.15) is 4.37 Å². The number of methoxy groups -OCH3 is 2. The van der Waals surface area contributed by atoms with Crippen molar-refractivity contribution in [3.05, 3.63) is 5.82 Å². The van der Waals surface area contributed by atoms with Crippen LogP contribution < -0.4 is 0 Å². The highest BCUT2D eigenvalue weighted by Gasteiger charge is 2.08. The summed E-state index contributed by atoms with van der Waals surface area (Å²) in [6.07, 6.45) is -0.172. The molecule has 0 atom stereocenters. The Balaban J connectivity index is 2.33. The van der Waals surface area contributed by atoms with Crippen molar-refractivity contribution in [2.24, 2.45) is 0 Å². The Labute approximate surface area is 85.8 Å². The summed E-state index contributed by atoms with van der Waals surface area (Å²) in [7, 11) is 3.25. The molecule has 0 fully saturated rings. The van der Waals surface area contributed by atoms with Crippen LogP contribution in [0, 0.1) is 6.92 Å². The van der Waals surface area contributed by atoms with E-state index in [9.17, 15) is 0 Å². The Morgan fingerprint density at radius 1 is 1.46 bits per heavy atom. The molecule has 0 saturated heterocycles. The van der Waals surface area contributed by atoms with Gasteiger partial charge in [-0.25, -0.2) is 4.98 Å². The monoisotopic (exact) mass is 220 g/mol. The molecule has 0 aliphatic rings. The first-order valence-electron chi connectivity index (χ1n) is 3.75. The lowest BCUT2D eigenvalue weighted by atomic mass is 10.7. The van der Waals surface area contributed by atoms with Gasteiger partial charge in [0.25, 0.3) is 0 Å². The van der Waals surface area contributed by atoms with Gasteiger partial charge in [0, 0.05) is 14.2 Å². The summed E-state index contributed by atoms with van der Waals surface area (Å²) in [6.45, 7) is 1.88. The zero-order chi connectivity index (χ0) is 9.68. The van der Waals surface area contributed by atoms with Gasteiger partial charge in [-0.3, -0.25) is 0 Å². The van der Waals surface area contributed by atoms with Crippen molar-refractivity contribution in [3.8, 4) is 0 Å². The number of ether oxygens (including phenoxy) is 2. The zero-order valence-electron chi connectivity index (χ0n) is 7.81. The Morgan fingerprint density at radius 3 is 2.62 bits per heavy atom. The first-order chi connectivity index (χ1) is 6.26. The lowest BCUT2D eigenvalue weighted by molar-refractivity contribution is -0.0842. The molecule has 4 nitrogen and oxygen atoms in total. The standard InChI is InChI=1S/C7H12N2O2S2/c1-5-8-7(13-9-5)12-4-6(10-2)11-3/h6H,4H2,1-3H3. The maximum atomic E-state index is 5.04. The molecule has 0 spiro atoms. The van der Waals surface area contributed by atoms with Crippen molar-refractivity contribution in [2.45, 2.75) is 17.6 Å². The fourth-order valence-corrected chi connectivity index (χ4v) is 2.41. The molecule has 1 rings (SSSR count). The molecule has 0 saturated carbocycles. The molecule has 1 aromatic heterocycles. The molecule has 0 radical (unpaired) electrons. The predicted molar refractivity (Wildman–Crippen MR) is 53.2 cm³/mol. The highest BCUT2D eigenvalue weighted by atomic mass is 32.2. The van der Waals surface area contributed by atoms with Crippen LogP contribution in [0.5, 0.6) is 0 Å². The summed E-state index contributed by atoms with van der Waals surface area (Å²) < 4.78 is 15.1. The fourth-order valence-electron chi connectivity index (χ4n) is 0.708. The van der Waals surface area contributed by atoms with Gasteiger partial charge in [0.2, 0.25) is 0 Å². The highest BCUT2D eigenvalue weighted by molar-refractivity contribution is 8.00. The molecule has 13 heavy (non-hydrogen) atoms. The van der Waals surface area contributed by atoms with E-state index < -0.39 is 0 Å². The van der Waals surface area contributed by atoms with Gasteiger partial charge in [0.15, 0.2) is 10.6 Å². The zero-order valence-corrected chi connectivity index (χ0v) is 9.44. The quantitative estimate of drug-likeness (QED) is 0.556. The molecule has 0 amide bonds. The van der Waals surface area contributed by atoms with Gasteiger partial charge >= 0.3 is 0 Å². The van der Waals surface area contributed by atoms with Crippen LogP contribution in [0.1, 0.15) is 5.82 Å². The average Bonchev–Trinajstić information content (AvgIpc) is 2.53. The largest absolute Gasteiger partial charge is 0.355 e. The maximum absolute atomic E-state index is 5.04. The van der Waals surface area contributed by atoms with E-state index in [1.165, 1.54) is 11.5 Å². The van der Waals surface area contributed by atoms with Gasteiger partial charge in [-0.1, -0.05) is 11.8 Å². The Morgan fingerprint density at radius 2 is 2.15 bits per heavy atom. The summed E-state index contributed by atoms with van der Waals surface area (Å²) in [5.74, 6) is 1.56. The minimum Gasteiger partial charge on any atom is -0.355 e. The molecule has 0 aromatic carbocycles. The van der Waals surface area contributed by atoms with Crippen molar-refractivity contribution in [2.75, 3.05) is 20.0 Å². The number of hydrogen-bond donors (Lipinski definition) is 0. The second-order valence-corrected chi connectivity index (χ2v) is 4.34. The lowest BCUT2D eigenvalue weighted by Gasteiger charge is -2.10. The molecular weight excluding hydrogens is 208 g/mol. The van der Waals surface area contributed by atoms with Crippen LogP contribution in [0.2, 0.25) is 0 Å². The predicted octanol–water partition coefficient (Wildman–Crippen LogP) is 1.56. The first kappa shape index (κ1) is 10.9. The van der Waals surface area contributed by atoms with Gasteiger partial charge < -0.3 is 9.47 Å². The topological polar surface area (TPSA) is 44.2 Å². The average molecular weight is 220 g/mol. The smallest absolute Gasteiger partial charge is 0.170 e. The summed E-state index contributed by atoms with van der Waals surface area (Å²) in [5.41, 5.74) is 0. The van der Waals surface area contributed by atoms with Crippen LogP contribution in [0.3, 0.4) is 0 Å². The second kappa shape index (κ2) is 5.54. The van der Waals surface area contributed by atoms with Crippen LogP contribution in [-0.2, 0) is 9.47 Å². The van der Waals surface area contributed by atoms with Crippen LogP contribution >= 0.6 is 23.3 Å². The third-order valence-electron chi connectivity index (χ3n) is 1.38. The van der Waals surface area contributed by atoms with Crippen molar-refractivity contribution in [3.63, 3.8) is 0 Å². The molecule has 0 N–H and O–H groups in total. The molecule has 0 aliphatic carbocycles. The number of hydrogen-bond acceptors (Lipinski definition) is 6. The van der Waals surface area contributed by atoms with Crippen molar-refractivity contribution >= 4 is 23.3 Å². The summed E-state index contributed by atoms with van der Waals surface area (Å²) in [5, 5.41) is 0. The fraction of sp³-hybridized carbons (Fsp3) is 0.714. The van der Waals surface area contributed by atoms with Crippen molar-refractivity contribution in [1.82, 2.24) is 9.36 Å². The minimum absolute atomic E-state index is 0.172. The molecule has 0 unspecified atom stereocenters. The number of aromatic nitrogens is 2. The molecule has 0 bridgehead atoms. The van der Waals surface area contributed by atoms with Crippen molar-refractivity contribution in [1.29, 1.82) is 0 Å².